The fourth-order valence-corrected chi connectivity index (χ4v) is 1.87. The first-order chi connectivity index (χ1) is 12.5. The van der Waals surface area contributed by atoms with E-state index in [1.54, 1.807) is 12.1 Å². The molecule has 0 saturated heterocycles. The van der Waals surface area contributed by atoms with E-state index >= 15 is 0 Å². The number of anilines is 1. The molecule has 4 N–H and O–H groups in total. The van der Waals surface area contributed by atoms with Crippen molar-refractivity contribution in [2.24, 2.45) is 5.10 Å². The van der Waals surface area contributed by atoms with Crippen LogP contribution < -0.4 is 20.8 Å². The fourth-order valence-electron chi connectivity index (χ4n) is 1.87. The van der Waals surface area contributed by atoms with E-state index < -0.39 is 17.8 Å². The number of hydrogen-bond donors (Lipinski definition) is 4. The summed E-state index contributed by atoms with van der Waals surface area (Å²) in [5.41, 5.74) is 3.17. The summed E-state index contributed by atoms with van der Waals surface area (Å²) in [5, 5.41) is 18.1. The molecule has 0 aliphatic heterocycles. The SMILES string of the molecule is COc1ccc(C=NNC(=O)CNC(=O)Nc2ccc(F)cc2)cc1O. The lowest BCUT2D eigenvalue weighted by molar-refractivity contribution is -0.120. The third-order valence-electron chi connectivity index (χ3n) is 3.12. The first-order valence-electron chi connectivity index (χ1n) is 7.47. The molecule has 0 aromatic heterocycles. The van der Waals surface area contributed by atoms with Gasteiger partial charge in [0.1, 0.15) is 12.4 Å². The summed E-state index contributed by atoms with van der Waals surface area (Å²) < 4.78 is 17.7. The minimum atomic E-state index is -0.615. The number of benzene rings is 2. The molecule has 0 fully saturated rings. The standard InChI is InChI=1S/C17H17FN4O4/c1-26-15-7-2-11(8-14(15)23)9-20-22-16(24)10-19-17(25)21-13-5-3-12(18)4-6-13/h2-9,23H,10H2,1H3,(H,22,24)(H2,19,21,25). The molecule has 2 aromatic carbocycles. The Morgan fingerprint density at radius 3 is 2.62 bits per heavy atom. The van der Waals surface area contributed by atoms with E-state index in [4.69, 9.17) is 4.74 Å². The quantitative estimate of drug-likeness (QED) is 0.465. The van der Waals surface area contributed by atoms with E-state index in [9.17, 15) is 19.1 Å². The number of rotatable bonds is 6. The number of nitrogens with zero attached hydrogens (tertiary/aromatic N) is 1. The number of halogens is 1. The molecule has 0 aliphatic rings. The first-order valence-corrected chi connectivity index (χ1v) is 7.47. The van der Waals surface area contributed by atoms with Crippen LogP contribution in [0.4, 0.5) is 14.9 Å². The van der Waals surface area contributed by atoms with Gasteiger partial charge in [-0.05, 0) is 48.0 Å². The van der Waals surface area contributed by atoms with E-state index in [-0.39, 0.29) is 12.3 Å². The molecule has 2 aromatic rings. The third-order valence-corrected chi connectivity index (χ3v) is 3.12. The Bertz CT molecular complexity index is 809. The Morgan fingerprint density at radius 1 is 1.23 bits per heavy atom. The van der Waals surface area contributed by atoms with Crippen molar-refractivity contribution < 1.29 is 23.8 Å². The van der Waals surface area contributed by atoms with E-state index in [2.05, 4.69) is 21.2 Å². The van der Waals surface area contributed by atoms with Crippen LogP contribution in [0.3, 0.4) is 0 Å². The second kappa shape index (κ2) is 9.02. The van der Waals surface area contributed by atoms with Crippen molar-refractivity contribution >= 4 is 23.8 Å². The second-order valence-corrected chi connectivity index (χ2v) is 5.04. The molecule has 26 heavy (non-hydrogen) atoms. The Balaban J connectivity index is 1.75. The van der Waals surface area contributed by atoms with Gasteiger partial charge in [-0.25, -0.2) is 14.6 Å². The molecule has 8 nitrogen and oxygen atoms in total. The number of ether oxygens (including phenoxy) is 1. The highest BCUT2D eigenvalue weighted by Crippen LogP contribution is 2.25. The van der Waals surface area contributed by atoms with Crippen molar-refractivity contribution in [2.75, 3.05) is 19.0 Å². The summed E-state index contributed by atoms with van der Waals surface area (Å²) in [4.78, 5) is 23.2. The lowest BCUT2D eigenvalue weighted by atomic mass is 10.2. The summed E-state index contributed by atoms with van der Waals surface area (Å²) in [6.45, 7) is -0.307. The van der Waals surface area contributed by atoms with E-state index in [0.717, 1.165) is 0 Å². The smallest absolute Gasteiger partial charge is 0.319 e. The summed E-state index contributed by atoms with van der Waals surface area (Å²) in [5.74, 6) is -0.698. The Morgan fingerprint density at radius 2 is 1.96 bits per heavy atom. The number of aromatic hydroxyl groups is 1. The molecule has 9 heteroatoms. The van der Waals surface area contributed by atoms with Crippen LogP contribution in [0.15, 0.2) is 47.6 Å². The van der Waals surface area contributed by atoms with Gasteiger partial charge in [0.2, 0.25) is 0 Å². The van der Waals surface area contributed by atoms with Gasteiger partial charge in [-0.1, -0.05) is 0 Å². The molecule has 0 aliphatic carbocycles. The average Bonchev–Trinajstić information content (AvgIpc) is 2.62. The van der Waals surface area contributed by atoms with Crippen LogP contribution in [-0.4, -0.2) is 36.9 Å². The number of amides is 3. The van der Waals surface area contributed by atoms with Crippen molar-refractivity contribution in [1.82, 2.24) is 10.7 Å². The fraction of sp³-hybridized carbons (Fsp3) is 0.118. The molecule has 0 saturated carbocycles. The molecule has 0 heterocycles. The number of methoxy groups -OCH3 is 1. The van der Waals surface area contributed by atoms with E-state index in [1.165, 1.54) is 43.7 Å². The molecule has 0 spiro atoms. The average molecular weight is 360 g/mol. The number of nitrogens with one attached hydrogen (secondary N) is 3. The van der Waals surface area contributed by atoms with Crippen LogP contribution in [0.1, 0.15) is 5.56 Å². The van der Waals surface area contributed by atoms with Gasteiger partial charge >= 0.3 is 6.03 Å². The molecule has 3 amide bonds. The number of hydrazone groups is 1. The topological polar surface area (TPSA) is 112 Å². The second-order valence-electron chi connectivity index (χ2n) is 5.04. The van der Waals surface area contributed by atoms with Crippen molar-refractivity contribution in [1.29, 1.82) is 0 Å². The van der Waals surface area contributed by atoms with Crippen LogP contribution in [0.2, 0.25) is 0 Å². The number of hydrogen-bond acceptors (Lipinski definition) is 5. The lowest BCUT2D eigenvalue weighted by Gasteiger charge is -2.06. The largest absolute Gasteiger partial charge is 0.504 e. The number of carbonyl (C=O) groups is 2. The van der Waals surface area contributed by atoms with Gasteiger partial charge in [0, 0.05) is 5.69 Å². The maximum Gasteiger partial charge on any atom is 0.319 e. The van der Waals surface area contributed by atoms with Crippen LogP contribution in [0.5, 0.6) is 11.5 Å². The molecule has 0 unspecified atom stereocenters. The minimum absolute atomic E-state index is 0.0538. The first kappa shape index (κ1) is 18.7. The van der Waals surface area contributed by atoms with Crippen LogP contribution in [0.25, 0.3) is 0 Å². The number of phenols is 1. The molecule has 0 atom stereocenters. The van der Waals surface area contributed by atoms with Crippen molar-refractivity contribution in [3.63, 3.8) is 0 Å². The van der Waals surface area contributed by atoms with Crippen LogP contribution >= 0.6 is 0 Å². The van der Waals surface area contributed by atoms with Crippen LogP contribution in [-0.2, 0) is 4.79 Å². The summed E-state index contributed by atoms with van der Waals surface area (Å²) in [6.07, 6.45) is 1.33. The lowest BCUT2D eigenvalue weighted by Crippen LogP contribution is -2.37. The Kier molecular flexibility index (Phi) is 6.49. The maximum absolute atomic E-state index is 12.8. The van der Waals surface area contributed by atoms with E-state index in [0.29, 0.717) is 17.0 Å². The van der Waals surface area contributed by atoms with Gasteiger partial charge in [0.25, 0.3) is 5.91 Å². The van der Waals surface area contributed by atoms with E-state index in [1.807, 2.05) is 0 Å². The molecular weight excluding hydrogens is 343 g/mol. The highest BCUT2D eigenvalue weighted by Gasteiger charge is 2.05. The Labute approximate surface area is 148 Å². The van der Waals surface area contributed by atoms with Crippen molar-refractivity contribution in [3.8, 4) is 11.5 Å². The number of phenolic OH excluding ortho intramolecular Hbond substituents is 1. The molecule has 0 bridgehead atoms. The monoisotopic (exact) mass is 360 g/mol. The molecular formula is C17H17FN4O4. The van der Waals surface area contributed by atoms with Gasteiger partial charge in [0.05, 0.1) is 13.3 Å². The zero-order chi connectivity index (χ0) is 18.9. The summed E-state index contributed by atoms with van der Waals surface area (Å²) >= 11 is 0. The predicted molar refractivity (Wildman–Crippen MR) is 93.8 cm³/mol. The summed E-state index contributed by atoms with van der Waals surface area (Å²) in [7, 11) is 1.43. The zero-order valence-electron chi connectivity index (χ0n) is 13.8. The minimum Gasteiger partial charge on any atom is -0.504 e. The van der Waals surface area contributed by atoms with Gasteiger partial charge in [-0.3, -0.25) is 4.79 Å². The molecule has 136 valence electrons. The van der Waals surface area contributed by atoms with Gasteiger partial charge in [-0.15, -0.1) is 0 Å². The number of carbonyl (C=O) groups excluding carboxylic acids is 2. The predicted octanol–water partition coefficient (Wildman–Crippen LogP) is 1.81. The van der Waals surface area contributed by atoms with Crippen LogP contribution in [0, 0.1) is 5.82 Å². The highest BCUT2D eigenvalue weighted by atomic mass is 19.1. The third kappa shape index (κ3) is 5.78. The maximum atomic E-state index is 12.8. The Hall–Kier alpha value is -3.62. The van der Waals surface area contributed by atoms with Gasteiger partial charge in [0.15, 0.2) is 11.5 Å². The molecule has 2 rings (SSSR count). The van der Waals surface area contributed by atoms with Gasteiger partial charge < -0.3 is 20.5 Å². The highest BCUT2D eigenvalue weighted by molar-refractivity contribution is 5.92. The molecule has 0 radical (unpaired) electrons. The van der Waals surface area contributed by atoms with Crippen molar-refractivity contribution in [3.05, 3.63) is 53.8 Å². The normalized spacial score (nSPS) is 10.4. The van der Waals surface area contributed by atoms with Crippen molar-refractivity contribution in [2.45, 2.75) is 0 Å². The van der Waals surface area contributed by atoms with Gasteiger partial charge in [-0.2, -0.15) is 5.10 Å². The zero-order valence-corrected chi connectivity index (χ0v) is 13.8. The number of urea groups is 1. The summed E-state index contributed by atoms with van der Waals surface area (Å²) in [6, 6.07) is 9.19.